The number of carbonyl (C=O) groups is 1. The van der Waals surface area contributed by atoms with Crippen molar-refractivity contribution in [2.45, 2.75) is 6.42 Å². The number of nitrogens with one attached hydrogen (secondary N) is 1. The Morgan fingerprint density at radius 1 is 1.10 bits per heavy atom. The summed E-state index contributed by atoms with van der Waals surface area (Å²) in [5.74, 6) is -0.173. The van der Waals surface area contributed by atoms with Crippen molar-refractivity contribution >= 4 is 33.6 Å². The van der Waals surface area contributed by atoms with Crippen LogP contribution in [0, 0.1) is 0 Å². The number of rotatable bonds is 5. The minimum atomic E-state index is -0.173. The van der Waals surface area contributed by atoms with Crippen LogP contribution in [0.25, 0.3) is 6.08 Å². The summed E-state index contributed by atoms with van der Waals surface area (Å²) in [5.41, 5.74) is 2.75. The summed E-state index contributed by atoms with van der Waals surface area (Å²) in [5, 5.41) is 11.6. The van der Waals surface area contributed by atoms with Gasteiger partial charge in [0.15, 0.2) is 0 Å². The number of benzene rings is 2. The van der Waals surface area contributed by atoms with E-state index in [1.54, 1.807) is 6.08 Å². The SMILES string of the molecule is O=C(/C=C/c1ccc(Br)cc1)Nc1ccc(CCO)cc1. The quantitative estimate of drug-likeness (QED) is 0.813. The number of anilines is 1. The molecule has 0 saturated heterocycles. The van der Waals surface area contributed by atoms with Crippen LogP contribution in [-0.4, -0.2) is 17.6 Å². The molecule has 21 heavy (non-hydrogen) atoms. The molecule has 0 aromatic heterocycles. The van der Waals surface area contributed by atoms with Gasteiger partial charge in [-0.1, -0.05) is 40.2 Å². The Bertz CT molecular complexity index is 618. The lowest BCUT2D eigenvalue weighted by molar-refractivity contribution is -0.111. The molecule has 0 atom stereocenters. The van der Waals surface area contributed by atoms with Crippen LogP contribution < -0.4 is 5.32 Å². The van der Waals surface area contributed by atoms with E-state index in [4.69, 9.17) is 5.11 Å². The fraction of sp³-hybridized carbons (Fsp3) is 0.118. The highest BCUT2D eigenvalue weighted by atomic mass is 79.9. The summed E-state index contributed by atoms with van der Waals surface area (Å²) < 4.78 is 1.01. The molecule has 2 N–H and O–H groups in total. The molecule has 0 bridgehead atoms. The molecule has 0 heterocycles. The van der Waals surface area contributed by atoms with E-state index in [2.05, 4.69) is 21.2 Å². The molecule has 0 aliphatic heterocycles. The topological polar surface area (TPSA) is 49.3 Å². The minimum Gasteiger partial charge on any atom is -0.396 e. The zero-order valence-corrected chi connectivity index (χ0v) is 13.0. The zero-order chi connectivity index (χ0) is 15.1. The van der Waals surface area contributed by atoms with Crippen molar-refractivity contribution in [3.8, 4) is 0 Å². The van der Waals surface area contributed by atoms with Gasteiger partial charge in [0.1, 0.15) is 0 Å². The van der Waals surface area contributed by atoms with E-state index >= 15 is 0 Å². The Hall–Kier alpha value is -1.91. The van der Waals surface area contributed by atoms with E-state index in [-0.39, 0.29) is 12.5 Å². The van der Waals surface area contributed by atoms with Gasteiger partial charge >= 0.3 is 0 Å². The number of amides is 1. The second-order valence-electron chi connectivity index (χ2n) is 4.54. The highest BCUT2D eigenvalue weighted by molar-refractivity contribution is 9.10. The molecule has 4 heteroatoms. The third kappa shape index (κ3) is 5.17. The Morgan fingerprint density at radius 2 is 1.76 bits per heavy atom. The minimum absolute atomic E-state index is 0.127. The summed E-state index contributed by atoms with van der Waals surface area (Å²) in [6.45, 7) is 0.127. The molecule has 0 radical (unpaired) electrons. The number of carbonyl (C=O) groups excluding carboxylic acids is 1. The van der Waals surface area contributed by atoms with Gasteiger partial charge in [0, 0.05) is 22.8 Å². The summed E-state index contributed by atoms with van der Waals surface area (Å²) in [7, 11) is 0. The van der Waals surface area contributed by atoms with Crippen LogP contribution in [-0.2, 0) is 11.2 Å². The lowest BCUT2D eigenvalue weighted by atomic mass is 10.1. The van der Waals surface area contributed by atoms with Gasteiger partial charge in [-0.3, -0.25) is 4.79 Å². The smallest absolute Gasteiger partial charge is 0.248 e. The van der Waals surface area contributed by atoms with Crippen LogP contribution in [0.1, 0.15) is 11.1 Å². The Morgan fingerprint density at radius 3 is 2.38 bits per heavy atom. The van der Waals surface area contributed by atoms with Crippen LogP contribution in [0.15, 0.2) is 59.1 Å². The maximum Gasteiger partial charge on any atom is 0.248 e. The van der Waals surface area contributed by atoms with Crippen molar-refractivity contribution in [2.24, 2.45) is 0 Å². The number of aliphatic hydroxyl groups is 1. The normalized spacial score (nSPS) is 10.8. The van der Waals surface area contributed by atoms with Crippen LogP contribution in [0.3, 0.4) is 0 Å². The first-order valence-corrected chi connectivity index (χ1v) is 7.41. The Labute approximate surface area is 132 Å². The lowest BCUT2D eigenvalue weighted by Gasteiger charge is -2.03. The predicted octanol–water partition coefficient (Wildman–Crippen LogP) is 3.64. The molecule has 2 aromatic carbocycles. The molecule has 0 unspecified atom stereocenters. The highest BCUT2D eigenvalue weighted by Crippen LogP contribution is 2.12. The molecule has 2 aromatic rings. The van der Waals surface area contributed by atoms with E-state index in [0.717, 1.165) is 21.3 Å². The number of aliphatic hydroxyl groups excluding tert-OH is 1. The van der Waals surface area contributed by atoms with E-state index in [9.17, 15) is 4.79 Å². The zero-order valence-electron chi connectivity index (χ0n) is 11.4. The van der Waals surface area contributed by atoms with Crippen molar-refractivity contribution in [1.29, 1.82) is 0 Å². The first-order valence-electron chi connectivity index (χ1n) is 6.62. The molecule has 0 saturated carbocycles. The molecule has 0 spiro atoms. The monoisotopic (exact) mass is 345 g/mol. The second-order valence-corrected chi connectivity index (χ2v) is 5.46. The van der Waals surface area contributed by atoms with Crippen molar-refractivity contribution < 1.29 is 9.90 Å². The van der Waals surface area contributed by atoms with Crippen LogP contribution in [0.4, 0.5) is 5.69 Å². The molecular weight excluding hydrogens is 330 g/mol. The Kier molecular flexibility index (Phi) is 5.72. The van der Waals surface area contributed by atoms with Crippen molar-refractivity contribution in [2.75, 3.05) is 11.9 Å². The predicted molar refractivity (Wildman–Crippen MR) is 89.0 cm³/mol. The van der Waals surface area contributed by atoms with Gasteiger partial charge in [0.2, 0.25) is 5.91 Å². The van der Waals surface area contributed by atoms with Crippen molar-refractivity contribution in [3.05, 3.63) is 70.2 Å². The first-order chi connectivity index (χ1) is 10.2. The maximum absolute atomic E-state index is 11.8. The van der Waals surface area contributed by atoms with Gasteiger partial charge in [-0.25, -0.2) is 0 Å². The fourth-order valence-electron chi connectivity index (χ4n) is 1.81. The average molecular weight is 346 g/mol. The third-order valence-electron chi connectivity index (χ3n) is 2.92. The van der Waals surface area contributed by atoms with E-state index < -0.39 is 0 Å². The first kappa shape index (κ1) is 15.5. The molecule has 0 fully saturated rings. The summed E-state index contributed by atoms with van der Waals surface area (Å²) in [6.07, 6.45) is 3.89. The Balaban J connectivity index is 1.93. The molecule has 0 aliphatic rings. The van der Waals surface area contributed by atoms with Crippen LogP contribution in [0.2, 0.25) is 0 Å². The number of hydrogen-bond donors (Lipinski definition) is 2. The number of hydrogen-bond acceptors (Lipinski definition) is 2. The lowest BCUT2D eigenvalue weighted by Crippen LogP contribution is -2.07. The molecule has 1 amide bonds. The molecule has 108 valence electrons. The van der Waals surface area contributed by atoms with Crippen molar-refractivity contribution in [3.63, 3.8) is 0 Å². The van der Waals surface area contributed by atoms with Gasteiger partial charge in [-0.2, -0.15) is 0 Å². The summed E-state index contributed by atoms with van der Waals surface area (Å²) >= 11 is 3.37. The molecular formula is C17H16BrNO2. The highest BCUT2D eigenvalue weighted by Gasteiger charge is 1.98. The average Bonchev–Trinajstić information content (AvgIpc) is 2.49. The third-order valence-corrected chi connectivity index (χ3v) is 3.45. The summed E-state index contributed by atoms with van der Waals surface area (Å²) in [4.78, 5) is 11.8. The van der Waals surface area contributed by atoms with E-state index in [0.29, 0.717) is 6.42 Å². The van der Waals surface area contributed by atoms with Crippen molar-refractivity contribution in [1.82, 2.24) is 0 Å². The van der Waals surface area contributed by atoms with Gasteiger partial charge in [-0.15, -0.1) is 0 Å². The fourth-order valence-corrected chi connectivity index (χ4v) is 2.08. The van der Waals surface area contributed by atoms with Crippen LogP contribution in [0.5, 0.6) is 0 Å². The van der Waals surface area contributed by atoms with Gasteiger partial charge in [0.25, 0.3) is 0 Å². The molecule has 3 nitrogen and oxygen atoms in total. The maximum atomic E-state index is 11.8. The van der Waals surface area contributed by atoms with E-state index in [1.807, 2.05) is 48.5 Å². The van der Waals surface area contributed by atoms with Gasteiger partial charge in [0.05, 0.1) is 0 Å². The second kappa shape index (κ2) is 7.76. The van der Waals surface area contributed by atoms with E-state index in [1.165, 1.54) is 6.08 Å². The number of halogens is 1. The van der Waals surface area contributed by atoms with Crippen LogP contribution >= 0.6 is 15.9 Å². The van der Waals surface area contributed by atoms with Gasteiger partial charge < -0.3 is 10.4 Å². The standard InChI is InChI=1S/C17H16BrNO2/c18-15-6-1-13(2-7-15)5-10-17(21)19-16-8-3-14(4-9-16)11-12-20/h1-10,20H,11-12H2,(H,19,21)/b10-5+. The van der Waals surface area contributed by atoms with Gasteiger partial charge in [-0.05, 0) is 47.9 Å². The largest absolute Gasteiger partial charge is 0.396 e. The molecule has 0 aliphatic carbocycles. The summed E-state index contributed by atoms with van der Waals surface area (Å²) in [6, 6.07) is 15.2. The molecule has 2 rings (SSSR count).